The van der Waals surface area contributed by atoms with E-state index in [0.717, 1.165) is 0 Å². The summed E-state index contributed by atoms with van der Waals surface area (Å²) >= 11 is 40.8. The lowest BCUT2D eigenvalue weighted by Crippen LogP contribution is -2.45. The fourth-order valence-electron chi connectivity index (χ4n) is 0.343. The van der Waals surface area contributed by atoms with Crippen LogP contribution in [0.25, 0.3) is 0 Å². The smallest absolute Gasteiger partial charge is 0.150 e. The van der Waals surface area contributed by atoms with Gasteiger partial charge in [0.25, 0.3) is 0 Å². The van der Waals surface area contributed by atoms with Crippen LogP contribution < -0.4 is 0 Å². The molecule has 0 amide bonds. The molecule has 0 aliphatic carbocycles. The zero-order valence-corrected chi connectivity index (χ0v) is 14.4. The maximum atomic E-state index is 5.83. The minimum atomic E-state index is -3.02. The topological polar surface area (TPSA) is 0 Å². The Morgan fingerprint density at radius 2 is 1.17 bits per heavy atom. The van der Waals surface area contributed by atoms with Gasteiger partial charge >= 0.3 is 6.00 Å². The molecule has 0 aromatic carbocycles. The highest BCUT2D eigenvalue weighted by Crippen LogP contribution is 2.53. The van der Waals surface area contributed by atoms with E-state index >= 15 is 0 Å². The third-order valence-corrected chi connectivity index (χ3v) is 28.0. The monoisotopic (exact) mass is 358 g/mol. The van der Waals surface area contributed by atoms with Gasteiger partial charge in [-0.25, -0.2) is 0 Å². The van der Waals surface area contributed by atoms with Gasteiger partial charge in [0.05, 0.1) is 0 Å². The predicted octanol–water partition coefficient (Wildman–Crippen LogP) is 3.88. The largest absolute Gasteiger partial charge is 0.346 e. The first-order valence-corrected chi connectivity index (χ1v) is 15.9. The molecule has 0 rings (SSSR count). The molecule has 10 heteroatoms. The van der Waals surface area contributed by atoms with E-state index in [4.69, 9.17) is 77.6 Å². The second kappa shape index (κ2) is 5.14. The Kier molecular flexibility index (Phi) is 6.29. The van der Waals surface area contributed by atoms with E-state index in [9.17, 15) is 0 Å². The molecule has 0 aliphatic rings. The number of halogens is 7. The summed E-state index contributed by atoms with van der Waals surface area (Å²) in [5.74, 6) is 0. The van der Waals surface area contributed by atoms with Gasteiger partial charge in [0.1, 0.15) is 0 Å². The van der Waals surface area contributed by atoms with Crippen molar-refractivity contribution in [2.75, 3.05) is 0 Å². The van der Waals surface area contributed by atoms with Crippen LogP contribution in [0.15, 0.2) is 0 Å². The standard InChI is InChI=1S/C2H5Cl7Si3/c1-2(10(3)4,11(5)6)12(7,8)9/h10-11H,1H3. The molecular weight excluding hydrogens is 356 g/mol. The van der Waals surface area contributed by atoms with Crippen LogP contribution in [-0.4, -0.2) is 20.8 Å². The predicted molar refractivity (Wildman–Crippen MR) is 69.4 cm³/mol. The fourth-order valence-corrected chi connectivity index (χ4v) is 27.8. The highest BCUT2D eigenvalue weighted by atomic mass is 35.8. The lowest BCUT2D eigenvalue weighted by Gasteiger charge is -2.34. The van der Waals surface area contributed by atoms with E-state index < -0.39 is 25.1 Å². The summed E-state index contributed by atoms with van der Waals surface area (Å²) in [6, 6.07) is -3.02. The SMILES string of the molecule is CC([SiH](Cl)Cl)([SiH](Cl)Cl)[Si](Cl)(Cl)Cl. The molecule has 0 fully saturated rings. The minimum absolute atomic E-state index is 0.788. The van der Waals surface area contributed by atoms with Crippen molar-refractivity contribution in [2.24, 2.45) is 0 Å². The zero-order chi connectivity index (χ0) is 10.2. The summed E-state index contributed by atoms with van der Waals surface area (Å²) in [6.07, 6.45) is 0. The second-order valence-electron chi connectivity index (χ2n) is 2.38. The molecule has 0 saturated carbocycles. The van der Waals surface area contributed by atoms with E-state index in [-0.39, 0.29) is 0 Å². The van der Waals surface area contributed by atoms with Gasteiger partial charge in [-0.1, -0.05) is 6.92 Å². The number of hydrogen-bond acceptors (Lipinski definition) is 0. The van der Waals surface area contributed by atoms with Gasteiger partial charge in [0.2, 0.25) is 14.8 Å². The lowest BCUT2D eigenvalue weighted by molar-refractivity contribution is 1.19. The van der Waals surface area contributed by atoms with E-state index in [1.54, 1.807) is 6.92 Å². The van der Waals surface area contributed by atoms with Crippen LogP contribution in [0.3, 0.4) is 0 Å². The molecule has 0 bridgehead atoms. The van der Waals surface area contributed by atoms with Crippen molar-refractivity contribution < 1.29 is 0 Å². The Bertz CT molecular complexity index is 143. The van der Waals surface area contributed by atoms with Crippen LogP contribution in [-0.2, 0) is 0 Å². The average molecular weight is 361 g/mol. The third kappa shape index (κ3) is 3.09. The van der Waals surface area contributed by atoms with Crippen molar-refractivity contribution in [1.82, 2.24) is 0 Å². The molecule has 0 aromatic heterocycles. The van der Waals surface area contributed by atoms with Crippen LogP contribution >= 0.6 is 77.6 Å². The quantitative estimate of drug-likeness (QED) is 0.529. The first-order chi connectivity index (χ1) is 5.14. The third-order valence-electron chi connectivity index (χ3n) is 1.52. The normalized spacial score (nSPS) is 14.5. The van der Waals surface area contributed by atoms with Crippen molar-refractivity contribution in [2.45, 2.75) is 11.2 Å². The van der Waals surface area contributed by atoms with Crippen LogP contribution in [0.5, 0.6) is 0 Å². The molecule has 0 saturated heterocycles. The van der Waals surface area contributed by atoms with E-state index in [2.05, 4.69) is 0 Å². The molecule has 0 aromatic rings. The minimum Gasteiger partial charge on any atom is -0.150 e. The maximum absolute atomic E-state index is 5.83. The Balaban J connectivity index is 4.89. The molecule has 74 valence electrons. The van der Waals surface area contributed by atoms with Crippen molar-refractivity contribution in [3.63, 3.8) is 0 Å². The van der Waals surface area contributed by atoms with Gasteiger partial charge in [-0.05, 0) is 0 Å². The average Bonchev–Trinajstić information content (AvgIpc) is 1.82. The Hall–Kier alpha value is 2.68. The second-order valence-corrected chi connectivity index (χ2v) is 23.3. The van der Waals surface area contributed by atoms with Crippen LogP contribution in [0, 0.1) is 0 Å². The molecule has 0 spiro atoms. The van der Waals surface area contributed by atoms with Crippen LogP contribution in [0.2, 0.25) is 4.28 Å². The lowest BCUT2D eigenvalue weighted by atomic mass is 10.9. The first-order valence-electron chi connectivity index (χ1n) is 2.77. The summed E-state index contributed by atoms with van der Waals surface area (Å²) < 4.78 is -0.788. The van der Waals surface area contributed by atoms with Gasteiger partial charge in [-0.3, -0.25) is 0 Å². The van der Waals surface area contributed by atoms with E-state index in [1.807, 2.05) is 0 Å². The van der Waals surface area contributed by atoms with Crippen LogP contribution in [0.1, 0.15) is 6.92 Å². The maximum Gasteiger partial charge on any atom is 0.346 e. The molecule has 12 heavy (non-hydrogen) atoms. The number of hydrogen-bond donors (Lipinski definition) is 0. The molecule has 0 radical (unpaired) electrons. The molecule has 0 N–H and O–H groups in total. The Morgan fingerprint density at radius 3 is 1.17 bits per heavy atom. The van der Waals surface area contributed by atoms with Gasteiger partial charge in [0.15, 0.2) is 0 Å². The highest BCUT2D eigenvalue weighted by Gasteiger charge is 2.58. The molecule has 0 nitrogen and oxygen atoms in total. The highest BCUT2D eigenvalue weighted by molar-refractivity contribution is 7.74. The number of rotatable bonds is 3. The van der Waals surface area contributed by atoms with E-state index in [0.29, 0.717) is 0 Å². The summed E-state index contributed by atoms with van der Waals surface area (Å²) in [5, 5.41) is 0. The molecule has 0 unspecified atom stereocenters. The summed E-state index contributed by atoms with van der Waals surface area (Å²) in [7, 11) is -4.35. The van der Waals surface area contributed by atoms with Crippen molar-refractivity contribution >= 4 is 98.4 Å². The summed E-state index contributed by atoms with van der Waals surface area (Å²) in [4.78, 5) is 0. The molecule has 0 heterocycles. The molecular formula is C2H5Cl7Si3. The molecule has 0 aliphatic heterocycles. The van der Waals surface area contributed by atoms with Gasteiger partial charge < -0.3 is 0 Å². The van der Waals surface area contributed by atoms with Crippen molar-refractivity contribution in [3.05, 3.63) is 0 Å². The van der Waals surface area contributed by atoms with Gasteiger partial charge in [-0.15, -0.1) is 33.2 Å². The zero-order valence-electron chi connectivity index (χ0n) is 5.80. The Labute approximate surface area is 109 Å². The summed E-state index contributed by atoms with van der Waals surface area (Å²) in [5.41, 5.74) is 0. The fraction of sp³-hybridized carbons (Fsp3) is 1.00. The summed E-state index contributed by atoms with van der Waals surface area (Å²) in [6.45, 7) is 1.68. The van der Waals surface area contributed by atoms with Crippen molar-refractivity contribution in [1.29, 1.82) is 0 Å². The van der Waals surface area contributed by atoms with E-state index in [1.165, 1.54) is 0 Å². The van der Waals surface area contributed by atoms with Gasteiger partial charge in [-0.2, -0.15) is 44.3 Å². The van der Waals surface area contributed by atoms with Gasteiger partial charge in [0, 0.05) is 4.28 Å². The molecule has 0 atom stereocenters. The Morgan fingerprint density at radius 1 is 0.917 bits per heavy atom. The van der Waals surface area contributed by atoms with Crippen molar-refractivity contribution in [3.8, 4) is 0 Å². The van der Waals surface area contributed by atoms with Crippen LogP contribution in [0.4, 0.5) is 0 Å². The first kappa shape index (κ1) is 14.7.